The maximum Gasteiger partial charge on any atom is 0.226 e. The van der Waals surface area contributed by atoms with Gasteiger partial charge in [0.15, 0.2) is 0 Å². The van der Waals surface area contributed by atoms with Crippen molar-refractivity contribution in [2.75, 3.05) is 32.5 Å². The van der Waals surface area contributed by atoms with Gasteiger partial charge < -0.3 is 9.64 Å². The van der Waals surface area contributed by atoms with Crippen molar-refractivity contribution < 1.29 is 17.9 Å². The molecule has 1 aliphatic carbocycles. The third kappa shape index (κ3) is 3.00. The molecule has 2 heterocycles. The van der Waals surface area contributed by atoms with Gasteiger partial charge in [-0.15, -0.1) is 0 Å². The summed E-state index contributed by atoms with van der Waals surface area (Å²) in [6.45, 7) is 1.93. The predicted octanol–water partition coefficient (Wildman–Crippen LogP) is 0.214. The van der Waals surface area contributed by atoms with Crippen LogP contribution in [0.4, 0.5) is 0 Å². The van der Waals surface area contributed by atoms with E-state index >= 15 is 0 Å². The Labute approximate surface area is 125 Å². The van der Waals surface area contributed by atoms with Gasteiger partial charge >= 0.3 is 0 Å². The van der Waals surface area contributed by atoms with Gasteiger partial charge in [-0.05, 0) is 19.3 Å². The number of ether oxygens (including phenoxy) is 1. The lowest BCUT2D eigenvalue weighted by Gasteiger charge is -2.46. The number of hydrogen-bond donors (Lipinski definition) is 0. The van der Waals surface area contributed by atoms with Crippen molar-refractivity contribution in [3.63, 3.8) is 0 Å². The summed E-state index contributed by atoms with van der Waals surface area (Å²) >= 11 is 0. The van der Waals surface area contributed by atoms with Crippen molar-refractivity contribution in [3.8, 4) is 0 Å². The second-order valence-corrected chi connectivity index (χ2v) is 8.00. The number of hydrogen-bond acceptors (Lipinski definition) is 4. The zero-order valence-corrected chi connectivity index (χ0v) is 13.1. The number of likely N-dealkylation sites (tertiary alicyclic amines) is 1. The van der Waals surface area contributed by atoms with Crippen molar-refractivity contribution in [1.29, 1.82) is 0 Å². The Morgan fingerprint density at radius 3 is 2.62 bits per heavy atom. The number of morpholine rings is 1. The molecule has 0 radical (unpaired) electrons. The number of fused-ring (bicyclic) bond motifs is 1. The van der Waals surface area contributed by atoms with E-state index in [-0.39, 0.29) is 24.0 Å². The minimum atomic E-state index is -3.26. The first-order chi connectivity index (χ1) is 9.97. The fraction of sp³-hybridized carbons (Fsp3) is 0.786. The van der Waals surface area contributed by atoms with Crippen LogP contribution in [0.3, 0.4) is 0 Å². The fourth-order valence-electron chi connectivity index (χ4n) is 3.53. The Bertz CT molecular complexity index is 537. The lowest BCUT2D eigenvalue weighted by Crippen LogP contribution is -2.62. The van der Waals surface area contributed by atoms with Crippen molar-refractivity contribution >= 4 is 15.9 Å². The van der Waals surface area contributed by atoms with E-state index in [0.717, 1.165) is 12.8 Å². The number of piperidine rings is 1. The van der Waals surface area contributed by atoms with E-state index in [0.29, 0.717) is 32.7 Å². The number of amides is 1. The summed E-state index contributed by atoms with van der Waals surface area (Å²) in [5.74, 6) is 0.190. The average Bonchev–Trinajstić information content (AvgIpc) is 2.98. The molecule has 7 heteroatoms. The maximum absolute atomic E-state index is 12.5. The summed E-state index contributed by atoms with van der Waals surface area (Å²) in [5.41, 5.74) is 0. The van der Waals surface area contributed by atoms with Crippen LogP contribution in [-0.2, 0) is 19.6 Å². The van der Waals surface area contributed by atoms with Crippen LogP contribution < -0.4 is 0 Å². The zero-order valence-electron chi connectivity index (χ0n) is 12.3. The second-order valence-electron chi connectivity index (χ2n) is 6.06. The van der Waals surface area contributed by atoms with Crippen LogP contribution in [0, 0.1) is 5.92 Å². The first-order valence-electron chi connectivity index (χ1n) is 7.49. The molecule has 2 fully saturated rings. The van der Waals surface area contributed by atoms with Crippen LogP contribution in [0.1, 0.15) is 19.3 Å². The number of nitrogens with zero attached hydrogens (tertiary/aromatic N) is 2. The molecule has 0 bridgehead atoms. The number of carbonyl (C=O) groups is 1. The Balaban J connectivity index is 1.72. The minimum absolute atomic E-state index is 0.0396. The third-order valence-corrected chi connectivity index (χ3v) is 5.93. The van der Waals surface area contributed by atoms with Crippen LogP contribution in [0.2, 0.25) is 0 Å². The smallest absolute Gasteiger partial charge is 0.226 e. The molecule has 0 spiro atoms. The molecule has 0 N–H and O–H groups in total. The van der Waals surface area contributed by atoms with E-state index in [1.54, 1.807) is 0 Å². The number of rotatable bonds is 2. The normalized spacial score (nSPS) is 31.4. The lowest BCUT2D eigenvalue weighted by atomic mass is 9.98. The van der Waals surface area contributed by atoms with E-state index in [1.807, 2.05) is 17.1 Å². The zero-order chi connectivity index (χ0) is 15.0. The quantitative estimate of drug-likeness (QED) is 0.684. The van der Waals surface area contributed by atoms with Crippen LogP contribution in [0.5, 0.6) is 0 Å². The lowest BCUT2D eigenvalue weighted by molar-refractivity contribution is -0.142. The molecule has 0 saturated carbocycles. The first kappa shape index (κ1) is 15.0. The van der Waals surface area contributed by atoms with E-state index in [4.69, 9.17) is 4.74 Å². The van der Waals surface area contributed by atoms with Gasteiger partial charge in [0.1, 0.15) is 0 Å². The Morgan fingerprint density at radius 2 is 1.95 bits per heavy atom. The van der Waals surface area contributed by atoms with Gasteiger partial charge in [-0.2, -0.15) is 4.31 Å². The topological polar surface area (TPSA) is 66.9 Å². The highest BCUT2D eigenvalue weighted by Gasteiger charge is 2.42. The van der Waals surface area contributed by atoms with Crippen LogP contribution in [0.15, 0.2) is 12.2 Å². The fourth-order valence-corrected chi connectivity index (χ4v) is 4.63. The van der Waals surface area contributed by atoms with Gasteiger partial charge in [-0.1, -0.05) is 12.2 Å². The average molecular weight is 314 g/mol. The number of carbonyl (C=O) groups excluding carboxylic acids is 1. The third-order valence-electron chi connectivity index (χ3n) is 4.63. The van der Waals surface area contributed by atoms with Gasteiger partial charge in [0, 0.05) is 25.6 Å². The van der Waals surface area contributed by atoms with Crippen LogP contribution >= 0.6 is 0 Å². The molecule has 3 aliphatic rings. The number of allylic oxidation sites excluding steroid dienone is 2. The van der Waals surface area contributed by atoms with Crippen molar-refractivity contribution in [2.24, 2.45) is 5.92 Å². The maximum atomic E-state index is 12.5. The number of sulfonamides is 1. The van der Waals surface area contributed by atoms with Gasteiger partial charge in [0.2, 0.25) is 15.9 Å². The molecule has 1 amide bonds. The van der Waals surface area contributed by atoms with E-state index in [2.05, 4.69) is 0 Å². The largest absolute Gasteiger partial charge is 0.375 e. The Hall–Kier alpha value is -0.920. The molecule has 3 rings (SSSR count). The molecule has 0 unspecified atom stereocenters. The highest BCUT2D eigenvalue weighted by atomic mass is 32.2. The summed E-state index contributed by atoms with van der Waals surface area (Å²) in [5, 5.41) is 0. The minimum Gasteiger partial charge on any atom is -0.375 e. The standard InChI is InChI=1S/C14H22N2O4S/c1-21(18,19)16-8-9-20-13-6-7-15(10-12(13)16)14(17)11-4-2-3-5-11/h2-3,11-13H,4-10H2,1H3/t12-,13+/m1/s1. The second kappa shape index (κ2) is 5.70. The Morgan fingerprint density at radius 1 is 1.24 bits per heavy atom. The predicted molar refractivity (Wildman–Crippen MR) is 78.1 cm³/mol. The molecule has 2 atom stereocenters. The molecular formula is C14H22N2O4S. The molecule has 6 nitrogen and oxygen atoms in total. The van der Waals surface area contributed by atoms with Crippen LogP contribution in [0.25, 0.3) is 0 Å². The van der Waals surface area contributed by atoms with Crippen molar-refractivity contribution in [1.82, 2.24) is 9.21 Å². The first-order valence-corrected chi connectivity index (χ1v) is 9.34. The molecule has 21 heavy (non-hydrogen) atoms. The van der Waals surface area contributed by atoms with Gasteiger partial charge in [-0.25, -0.2) is 8.42 Å². The Kier molecular flexibility index (Phi) is 4.07. The highest BCUT2D eigenvalue weighted by Crippen LogP contribution is 2.28. The summed E-state index contributed by atoms with van der Waals surface area (Å²) in [6, 6.07) is -0.235. The van der Waals surface area contributed by atoms with E-state index < -0.39 is 10.0 Å². The van der Waals surface area contributed by atoms with Gasteiger partial charge in [0.25, 0.3) is 0 Å². The summed E-state index contributed by atoms with van der Waals surface area (Å²) in [4.78, 5) is 14.3. The van der Waals surface area contributed by atoms with Crippen molar-refractivity contribution in [3.05, 3.63) is 12.2 Å². The molecule has 2 saturated heterocycles. The molecular weight excluding hydrogens is 292 g/mol. The summed E-state index contributed by atoms with van der Waals surface area (Å²) < 4.78 is 31.1. The summed E-state index contributed by atoms with van der Waals surface area (Å²) in [7, 11) is -3.26. The molecule has 2 aliphatic heterocycles. The molecule has 0 aromatic heterocycles. The SMILES string of the molecule is CS(=O)(=O)N1CCO[C@H]2CCN(C(=O)C3CC=CC3)C[C@H]21. The molecule has 0 aromatic carbocycles. The van der Waals surface area contributed by atoms with E-state index in [9.17, 15) is 13.2 Å². The monoisotopic (exact) mass is 314 g/mol. The van der Waals surface area contributed by atoms with Gasteiger partial charge in [-0.3, -0.25) is 4.79 Å². The van der Waals surface area contributed by atoms with Crippen LogP contribution in [-0.4, -0.2) is 68.2 Å². The molecule has 118 valence electrons. The molecule has 0 aromatic rings. The highest BCUT2D eigenvalue weighted by molar-refractivity contribution is 7.88. The summed E-state index contributed by atoms with van der Waals surface area (Å²) in [6.07, 6.45) is 7.55. The van der Waals surface area contributed by atoms with E-state index in [1.165, 1.54) is 10.6 Å². The van der Waals surface area contributed by atoms with Gasteiger partial charge in [0.05, 0.1) is 25.0 Å². The van der Waals surface area contributed by atoms with Crippen molar-refractivity contribution in [2.45, 2.75) is 31.4 Å².